The van der Waals surface area contributed by atoms with Gasteiger partial charge in [0.15, 0.2) is 0 Å². The largest absolute Gasteiger partial charge is 0.290 e. The maximum atomic E-state index is 11.9. The van der Waals surface area contributed by atoms with Crippen molar-refractivity contribution in [3.8, 4) is 0 Å². The van der Waals surface area contributed by atoms with Crippen LogP contribution in [0.25, 0.3) is 0 Å². The lowest BCUT2D eigenvalue weighted by Crippen LogP contribution is -2.37. The van der Waals surface area contributed by atoms with E-state index in [1.165, 1.54) is 0 Å². The maximum Gasteiger partial charge on any atom is 0.221 e. The van der Waals surface area contributed by atoms with Gasteiger partial charge in [-0.3, -0.25) is 9.59 Å². The molecule has 0 aliphatic heterocycles. The van der Waals surface area contributed by atoms with Gasteiger partial charge in [-0.15, -0.1) is 0 Å². The highest BCUT2D eigenvalue weighted by Crippen LogP contribution is 2.41. The summed E-state index contributed by atoms with van der Waals surface area (Å²) >= 11 is 0. The van der Waals surface area contributed by atoms with Gasteiger partial charge in [0.2, 0.25) is 11.6 Å². The molecule has 0 N–H and O–H groups in total. The minimum atomic E-state index is -0.470. The Bertz CT molecular complexity index is 334. The van der Waals surface area contributed by atoms with Crippen LogP contribution < -0.4 is 0 Å². The molecule has 15 heavy (non-hydrogen) atoms. The zero-order valence-electron chi connectivity index (χ0n) is 9.67. The standard InChI is InChI=1S/C13H18O2/c1-5-10(14)12(15)11-9(2)7-6-8-13(11,3)4/h5,7,11H,1,6,8H2,2-4H3. The third kappa shape index (κ3) is 2.25. The van der Waals surface area contributed by atoms with Crippen LogP contribution in [0, 0.1) is 11.3 Å². The lowest BCUT2D eigenvalue weighted by atomic mass is 9.66. The third-order valence-corrected chi connectivity index (χ3v) is 3.18. The van der Waals surface area contributed by atoms with Gasteiger partial charge >= 0.3 is 0 Å². The van der Waals surface area contributed by atoms with E-state index < -0.39 is 5.78 Å². The van der Waals surface area contributed by atoms with Gasteiger partial charge in [-0.05, 0) is 31.3 Å². The average molecular weight is 206 g/mol. The Labute approximate surface area is 91.1 Å². The first-order valence-corrected chi connectivity index (χ1v) is 5.27. The molecule has 0 heterocycles. The molecule has 0 saturated heterocycles. The molecule has 1 rings (SSSR count). The van der Waals surface area contributed by atoms with Crippen LogP contribution in [0.3, 0.4) is 0 Å². The molecule has 82 valence electrons. The fourth-order valence-corrected chi connectivity index (χ4v) is 2.35. The Balaban J connectivity index is 3.04. The minimum absolute atomic E-state index is 0.116. The Morgan fingerprint density at radius 2 is 2.13 bits per heavy atom. The second-order valence-electron chi connectivity index (χ2n) is 4.84. The van der Waals surface area contributed by atoms with Crippen LogP contribution in [-0.2, 0) is 9.59 Å². The molecule has 0 amide bonds. The molecule has 2 heteroatoms. The van der Waals surface area contributed by atoms with Gasteiger partial charge in [0.25, 0.3) is 0 Å². The summed E-state index contributed by atoms with van der Waals surface area (Å²) in [5.74, 6) is -1.05. The van der Waals surface area contributed by atoms with Gasteiger partial charge in [0.1, 0.15) is 0 Å². The van der Waals surface area contributed by atoms with Crippen molar-refractivity contribution in [3.05, 3.63) is 24.3 Å². The highest BCUT2D eigenvalue weighted by atomic mass is 16.2. The maximum absolute atomic E-state index is 11.9. The predicted molar refractivity (Wildman–Crippen MR) is 60.5 cm³/mol. The van der Waals surface area contributed by atoms with Gasteiger partial charge in [0.05, 0.1) is 5.92 Å². The number of ketones is 2. The molecule has 0 bridgehead atoms. The molecule has 0 aromatic rings. The van der Waals surface area contributed by atoms with E-state index in [4.69, 9.17) is 0 Å². The molecule has 1 aliphatic carbocycles. The predicted octanol–water partition coefficient (Wildman–Crippen LogP) is 2.69. The number of carbonyl (C=O) groups excluding carboxylic acids is 2. The summed E-state index contributed by atoms with van der Waals surface area (Å²) in [5, 5.41) is 0. The fraction of sp³-hybridized carbons (Fsp3) is 0.538. The van der Waals surface area contributed by atoms with Crippen molar-refractivity contribution in [1.29, 1.82) is 0 Å². The number of rotatable bonds is 3. The number of Topliss-reactive ketones (excluding diaryl/α,β-unsaturated/α-hetero) is 1. The normalized spacial score (nSPS) is 24.2. The zero-order chi connectivity index (χ0) is 11.6. The summed E-state index contributed by atoms with van der Waals surface area (Å²) in [4.78, 5) is 23.2. The summed E-state index contributed by atoms with van der Waals surface area (Å²) in [5.41, 5.74) is 0.903. The fourth-order valence-electron chi connectivity index (χ4n) is 2.35. The van der Waals surface area contributed by atoms with Crippen LogP contribution in [0.2, 0.25) is 0 Å². The molecule has 0 spiro atoms. The molecule has 0 radical (unpaired) electrons. The molecule has 0 fully saturated rings. The lowest BCUT2D eigenvalue weighted by Gasteiger charge is -2.36. The molecule has 1 aliphatic rings. The van der Waals surface area contributed by atoms with Crippen LogP contribution in [0.15, 0.2) is 24.3 Å². The van der Waals surface area contributed by atoms with Crippen molar-refractivity contribution in [3.63, 3.8) is 0 Å². The van der Waals surface area contributed by atoms with Gasteiger partial charge in [-0.25, -0.2) is 0 Å². The third-order valence-electron chi connectivity index (χ3n) is 3.18. The van der Waals surface area contributed by atoms with E-state index in [-0.39, 0.29) is 17.1 Å². The van der Waals surface area contributed by atoms with Crippen LogP contribution in [-0.4, -0.2) is 11.6 Å². The Hall–Kier alpha value is -1.18. The number of allylic oxidation sites excluding steroid dienone is 3. The first-order valence-electron chi connectivity index (χ1n) is 5.27. The van der Waals surface area contributed by atoms with Crippen LogP contribution in [0.4, 0.5) is 0 Å². The van der Waals surface area contributed by atoms with E-state index in [9.17, 15) is 9.59 Å². The van der Waals surface area contributed by atoms with E-state index in [1.807, 2.05) is 20.8 Å². The first-order chi connectivity index (χ1) is 6.90. The SMILES string of the molecule is C=CC(=O)C(=O)C1C(C)=CCCC1(C)C. The van der Waals surface area contributed by atoms with E-state index in [0.29, 0.717) is 0 Å². The highest BCUT2D eigenvalue weighted by Gasteiger charge is 2.39. The molecule has 0 saturated carbocycles. The molecular formula is C13H18O2. The van der Waals surface area contributed by atoms with Crippen LogP contribution >= 0.6 is 0 Å². The number of hydrogen-bond acceptors (Lipinski definition) is 2. The van der Waals surface area contributed by atoms with Crippen LogP contribution in [0.1, 0.15) is 33.6 Å². The van der Waals surface area contributed by atoms with E-state index in [2.05, 4.69) is 12.7 Å². The summed E-state index contributed by atoms with van der Waals surface area (Å²) < 4.78 is 0. The van der Waals surface area contributed by atoms with Gasteiger partial charge in [-0.1, -0.05) is 32.1 Å². The van der Waals surface area contributed by atoms with Crippen molar-refractivity contribution >= 4 is 11.6 Å². The van der Waals surface area contributed by atoms with Gasteiger partial charge < -0.3 is 0 Å². The summed E-state index contributed by atoms with van der Waals surface area (Å²) in [6.45, 7) is 9.38. The van der Waals surface area contributed by atoms with E-state index >= 15 is 0 Å². The first kappa shape index (κ1) is 11.9. The zero-order valence-corrected chi connectivity index (χ0v) is 9.67. The second-order valence-corrected chi connectivity index (χ2v) is 4.84. The topological polar surface area (TPSA) is 34.1 Å². The molecule has 0 aromatic heterocycles. The molecule has 1 atom stereocenters. The summed E-state index contributed by atoms with van der Waals surface area (Å²) in [6, 6.07) is 0. The minimum Gasteiger partial charge on any atom is -0.290 e. The molecule has 1 unspecified atom stereocenters. The van der Waals surface area contributed by atoms with Crippen molar-refractivity contribution in [2.75, 3.05) is 0 Å². The van der Waals surface area contributed by atoms with Gasteiger partial charge in [-0.2, -0.15) is 0 Å². The Morgan fingerprint density at radius 3 is 2.60 bits per heavy atom. The second kappa shape index (κ2) is 4.13. The number of carbonyl (C=O) groups is 2. The molecule has 0 aromatic carbocycles. The van der Waals surface area contributed by atoms with Gasteiger partial charge in [0, 0.05) is 0 Å². The summed E-state index contributed by atoms with van der Waals surface area (Å²) in [7, 11) is 0. The summed E-state index contributed by atoms with van der Waals surface area (Å²) in [6.07, 6.45) is 5.11. The molecule has 2 nitrogen and oxygen atoms in total. The number of hydrogen-bond donors (Lipinski definition) is 0. The smallest absolute Gasteiger partial charge is 0.221 e. The van der Waals surface area contributed by atoms with Crippen molar-refractivity contribution in [2.45, 2.75) is 33.6 Å². The van der Waals surface area contributed by atoms with E-state index in [0.717, 1.165) is 24.5 Å². The van der Waals surface area contributed by atoms with Crippen molar-refractivity contribution in [1.82, 2.24) is 0 Å². The Morgan fingerprint density at radius 1 is 1.53 bits per heavy atom. The highest BCUT2D eigenvalue weighted by molar-refractivity contribution is 6.42. The Kier molecular flexibility index (Phi) is 3.28. The quantitative estimate of drug-likeness (QED) is 0.404. The van der Waals surface area contributed by atoms with Crippen LogP contribution in [0.5, 0.6) is 0 Å². The lowest BCUT2D eigenvalue weighted by molar-refractivity contribution is -0.138. The van der Waals surface area contributed by atoms with Crippen molar-refractivity contribution < 1.29 is 9.59 Å². The average Bonchev–Trinajstić information content (AvgIpc) is 2.14. The monoisotopic (exact) mass is 206 g/mol. The molecular weight excluding hydrogens is 188 g/mol. The van der Waals surface area contributed by atoms with Crippen molar-refractivity contribution in [2.24, 2.45) is 11.3 Å². The van der Waals surface area contributed by atoms with E-state index in [1.54, 1.807) is 0 Å².